The van der Waals surface area contributed by atoms with E-state index in [4.69, 9.17) is 5.26 Å². The van der Waals surface area contributed by atoms with Crippen LogP contribution in [0.5, 0.6) is 0 Å². The Balaban J connectivity index is 0.00000220. The molecule has 0 bridgehead atoms. The molecule has 0 aliphatic carbocycles. The quantitative estimate of drug-likeness (QED) is 0.846. The third-order valence-electron chi connectivity index (χ3n) is 3.87. The van der Waals surface area contributed by atoms with Crippen molar-refractivity contribution in [3.8, 4) is 6.07 Å². The molecule has 0 spiro atoms. The third kappa shape index (κ3) is 3.74. The van der Waals surface area contributed by atoms with Crippen LogP contribution in [-0.4, -0.2) is 50.8 Å². The molecule has 21 heavy (non-hydrogen) atoms. The highest BCUT2D eigenvalue weighted by molar-refractivity contribution is 7.89. The second kappa shape index (κ2) is 7.23. The van der Waals surface area contributed by atoms with Gasteiger partial charge in [-0.2, -0.15) is 9.57 Å². The number of piperidine rings is 1. The lowest BCUT2D eigenvalue weighted by Gasteiger charge is -2.34. The highest BCUT2D eigenvalue weighted by atomic mass is 35.5. The average molecular weight is 330 g/mol. The SMILES string of the molecule is CN1CCC(N(C)S(=O)(=O)c2ccccc2C#N)CC1.Cl. The lowest BCUT2D eigenvalue weighted by molar-refractivity contribution is 0.197. The highest BCUT2D eigenvalue weighted by Gasteiger charge is 2.31. The summed E-state index contributed by atoms with van der Waals surface area (Å²) in [5.41, 5.74) is 0.201. The van der Waals surface area contributed by atoms with Gasteiger partial charge in [0.1, 0.15) is 6.07 Å². The number of sulfonamides is 1. The van der Waals surface area contributed by atoms with Crippen LogP contribution < -0.4 is 0 Å². The molecule has 1 aromatic rings. The summed E-state index contributed by atoms with van der Waals surface area (Å²) in [6.07, 6.45) is 1.64. The van der Waals surface area contributed by atoms with Gasteiger partial charge in [-0.3, -0.25) is 0 Å². The van der Waals surface area contributed by atoms with Crippen LogP contribution in [0.15, 0.2) is 29.2 Å². The molecule has 116 valence electrons. The number of benzene rings is 1. The summed E-state index contributed by atoms with van der Waals surface area (Å²) >= 11 is 0. The Morgan fingerprint density at radius 1 is 1.29 bits per heavy atom. The van der Waals surface area contributed by atoms with E-state index in [9.17, 15) is 8.42 Å². The van der Waals surface area contributed by atoms with Crippen LogP contribution in [0.1, 0.15) is 18.4 Å². The van der Waals surface area contributed by atoms with Gasteiger partial charge in [0, 0.05) is 13.1 Å². The molecule has 0 saturated carbocycles. The van der Waals surface area contributed by atoms with E-state index in [2.05, 4.69) is 4.90 Å². The summed E-state index contributed by atoms with van der Waals surface area (Å²) in [7, 11) is 0.0415. The van der Waals surface area contributed by atoms with Crippen LogP contribution in [0.4, 0.5) is 0 Å². The van der Waals surface area contributed by atoms with Crippen molar-refractivity contribution in [1.82, 2.24) is 9.21 Å². The number of hydrogen-bond acceptors (Lipinski definition) is 4. The zero-order chi connectivity index (χ0) is 14.8. The number of nitriles is 1. The Bertz CT molecular complexity index is 619. The second-order valence-electron chi connectivity index (χ2n) is 5.16. The Morgan fingerprint density at radius 2 is 1.86 bits per heavy atom. The lowest BCUT2D eigenvalue weighted by atomic mass is 10.1. The minimum absolute atomic E-state index is 0. The summed E-state index contributed by atoms with van der Waals surface area (Å²) in [6.45, 7) is 1.79. The first-order chi connectivity index (χ1) is 9.46. The van der Waals surface area contributed by atoms with Crippen LogP contribution in [0.3, 0.4) is 0 Å². The van der Waals surface area contributed by atoms with Crippen molar-refractivity contribution in [1.29, 1.82) is 5.26 Å². The molecule has 2 rings (SSSR count). The first-order valence-corrected chi connectivity index (χ1v) is 8.06. The van der Waals surface area contributed by atoms with Gasteiger partial charge >= 0.3 is 0 Å². The monoisotopic (exact) mass is 329 g/mol. The van der Waals surface area contributed by atoms with E-state index in [1.807, 2.05) is 13.1 Å². The van der Waals surface area contributed by atoms with Crippen LogP contribution in [0.2, 0.25) is 0 Å². The standard InChI is InChI=1S/C14H19N3O2S.ClH/c1-16-9-7-13(8-10-16)17(2)20(18,19)14-6-4-3-5-12(14)11-15;/h3-6,13H,7-10H2,1-2H3;1H. The molecule has 0 N–H and O–H groups in total. The number of hydrogen-bond donors (Lipinski definition) is 0. The van der Waals surface area contributed by atoms with Crippen molar-refractivity contribution < 1.29 is 8.42 Å². The molecule has 0 unspecified atom stereocenters. The maximum atomic E-state index is 12.7. The minimum Gasteiger partial charge on any atom is -0.306 e. The van der Waals surface area contributed by atoms with Gasteiger partial charge in [0.15, 0.2) is 0 Å². The average Bonchev–Trinajstić information content (AvgIpc) is 2.47. The molecule has 1 aromatic carbocycles. The van der Waals surface area contributed by atoms with Gasteiger partial charge in [-0.25, -0.2) is 8.42 Å². The van der Waals surface area contributed by atoms with E-state index in [1.54, 1.807) is 19.2 Å². The van der Waals surface area contributed by atoms with E-state index in [0.717, 1.165) is 25.9 Å². The van der Waals surface area contributed by atoms with Crippen molar-refractivity contribution in [2.45, 2.75) is 23.8 Å². The Morgan fingerprint density at radius 3 is 2.43 bits per heavy atom. The molecule has 7 heteroatoms. The van der Waals surface area contributed by atoms with Gasteiger partial charge < -0.3 is 4.90 Å². The number of rotatable bonds is 3. The largest absolute Gasteiger partial charge is 0.306 e. The molecule has 0 amide bonds. The maximum Gasteiger partial charge on any atom is 0.244 e. The summed E-state index contributed by atoms with van der Waals surface area (Å²) in [4.78, 5) is 2.30. The first-order valence-electron chi connectivity index (χ1n) is 6.62. The fourth-order valence-corrected chi connectivity index (χ4v) is 4.05. The van der Waals surface area contributed by atoms with E-state index in [-0.39, 0.29) is 28.9 Å². The summed E-state index contributed by atoms with van der Waals surface area (Å²) in [6, 6.07) is 8.31. The fourth-order valence-electron chi connectivity index (χ4n) is 2.49. The summed E-state index contributed by atoms with van der Waals surface area (Å²) in [5, 5.41) is 9.07. The number of halogens is 1. The van der Waals surface area contributed by atoms with Gasteiger partial charge in [0.2, 0.25) is 10.0 Å². The van der Waals surface area contributed by atoms with Crippen LogP contribution >= 0.6 is 12.4 Å². The second-order valence-corrected chi connectivity index (χ2v) is 7.13. The van der Waals surface area contributed by atoms with Gasteiger partial charge in [-0.05, 0) is 45.1 Å². The van der Waals surface area contributed by atoms with Gasteiger partial charge in [0.05, 0.1) is 10.5 Å². The molecule has 0 atom stereocenters. The van der Waals surface area contributed by atoms with E-state index in [0.29, 0.717) is 0 Å². The Labute approximate surface area is 132 Å². The minimum atomic E-state index is -3.61. The number of likely N-dealkylation sites (tertiary alicyclic amines) is 1. The lowest BCUT2D eigenvalue weighted by Crippen LogP contribution is -2.44. The van der Waals surface area contributed by atoms with Crippen molar-refractivity contribution >= 4 is 22.4 Å². The first kappa shape index (κ1) is 17.9. The smallest absolute Gasteiger partial charge is 0.244 e. The maximum absolute atomic E-state index is 12.7. The fraction of sp³-hybridized carbons (Fsp3) is 0.500. The summed E-state index contributed by atoms with van der Waals surface area (Å²) < 4.78 is 26.7. The zero-order valence-electron chi connectivity index (χ0n) is 12.2. The molecule has 5 nitrogen and oxygen atoms in total. The molecule has 1 aliphatic heterocycles. The predicted molar refractivity (Wildman–Crippen MR) is 83.9 cm³/mol. The summed E-state index contributed by atoms with van der Waals surface area (Å²) in [5.74, 6) is 0. The molecule has 1 saturated heterocycles. The van der Waals surface area contributed by atoms with Crippen LogP contribution in [-0.2, 0) is 10.0 Å². The van der Waals surface area contributed by atoms with E-state index >= 15 is 0 Å². The molecule has 0 radical (unpaired) electrons. The van der Waals surface area contributed by atoms with Crippen LogP contribution in [0, 0.1) is 11.3 Å². The Kier molecular flexibility index (Phi) is 6.17. The van der Waals surface area contributed by atoms with Crippen molar-refractivity contribution in [2.75, 3.05) is 27.2 Å². The van der Waals surface area contributed by atoms with Gasteiger partial charge in [-0.1, -0.05) is 12.1 Å². The molecular formula is C14H20ClN3O2S. The molecule has 1 aliphatic rings. The number of nitrogens with zero attached hydrogens (tertiary/aromatic N) is 3. The molecule has 1 heterocycles. The normalized spacial score (nSPS) is 17.2. The van der Waals surface area contributed by atoms with E-state index in [1.165, 1.54) is 16.4 Å². The molecule has 0 aromatic heterocycles. The third-order valence-corrected chi connectivity index (χ3v) is 5.84. The van der Waals surface area contributed by atoms with Gasteiger partial charge in [0.25, 0.3) is 0 Å². The highest BCUT2D eigenvalue weighted by Crippen LogP contribution is 2.24. The predicted octanol–water partition coefficient (Wildman–Crippen LogP) is 1.69. The van der Waals surface area contributed by atoms with Crippen molar-refractivity contribution in [3.63, 3.8) is 0 Å². The van der Waals surface area contributed by atoms with Crippen LogP contribution in [0.25, 0.3) is 0 Å². The topological polar surface area (TPSA) is 64.4 Å². The molecular weight excluding hydrogens is 310 g/mol. The zero-order valence-corrected chi connectivity index (χ0v) is 13.8. The van der Waals surface area contributed by atoms with Crippen molar-refractivity contribution in [2.24, 2.45) is 0 Å². The van der Waals surface area contributed by atoms with E-state index < -0.39 is 10.0 Å². The van der Waals surface area contributed by atoms with Crippen molar-refractivity contribution in [3.05, 3.63) is 29.8 Å². The molecule has 1 fully saturated rings. The van der Waals surface area contributed by atoms with Gasteiger partial charge in [-0.15, -0.1) is 12.4 Å². The Hall–Kier alpha value is -1.13.